The highest BCUT2D eigenvalue weighted by Crippen LogP contribution is 2.22. The first-order valence-electron chi connectivity index (χ1n) is 4.90. The van der Waals surface area contributed by atoms with Crippen LogP contribution in [0.15, 0.2) is 29.8 Å². The third-order valence-corrected chi connectivity index (χ3v) is 3.13. The maximum Gasteiger partial charge on any atom is 0.313 e. The molecule has 0 fully saturated rings. The molecule has 17 heavy (non-hydrogen) atoms. The van der Waals surface area contributed by atoms with Crippen LogP contribution in [-0.2, 0) is 11.2 Å². The molecule has 0 aliphatic heterocycles. The van der Waals surface area contributed by atoms with E-state index < -0.39 is 11.9 Å². The maximum atomic E-state index is 12.7. The summed E-state index contributed by atoms with van der Waals surface area (Å²) in [5.41, 5.74) is 2.25. The summed E-state index contributed by atoms with van der Waals surface area (Å²) in [5.74, 6) is -2.02. The van der Waals surface area contributed by atoms with Crippen molar-refractivity contribution in [2.75, 3.05) is 0 Å². The summed E-state index contributed by atoms with van der Waals surface area (Å²) in [5, 5.41) is 17.0. The molecule has 0 radical (unpaired) electrons. The van der Waals surface area contributed by atoms with Crippen LogP contribution >= 0.6 is 11.3 Å². The van der Waals surface area contributed by atoms with Crippen molar-refractivity contribution < 1.29 is 14.3 Å². The normalized spacial score (nSPS) is 12.3. The highest BCUT2D eigenvalue weighted by Gasteiger charge is 2.23. The molecule has 0 saturated heterocycles. The Morgan fingerprint density at radius 1 is 1.41 bits per heavy atom. The first-order valence-corrected chi connectivity index (χ1v) is 5.78. The second kappa shape index (κ2) is 5.01. The number of halogens is 1. The van der Waals surface area contributed by atoms with Crippen LogP contribution in [0, 0.1) is 5.82 Å². The number of aromatic nitrogens is 2. The van der Waals surface area contributed by atoms with Crippen LogP contribution in [-0.4, -0.2) is 21.3 Å². The minimum atomic E-state index is -0.953. The van der Waals surface area contributed by atoms with Crippen molar-refractivity contribution in [1.82, 2.24) is 10.2 Å². The van der Waals surface area contributed by atoms with Gasteiger partial charge in [-0.05, 0) is 24.1 Å². The van der Waals surface area contributed by atoms with E-state index in [9.17, 15) is 9.18 Å². The molecule has 1 unspecified atom stereocenters. The molecule has 1 aromatic carbocycles. The molecule has 1 atom stereocenters. The standard InChI is InChI=1S/C11H9FN2O2S/c12-8-3-1-7(2-4-8)5-9(11(15)16)10-14-13-6-17-10/h1-4,6,9H,5H2,(H,15,16). The van der Waals surface area contributed by atoms with Gasteiger partial charge in [-0.3, -0.25) is 4.79 Å². The lowest BCUT2D eigenvalue weighted by Gasteiger charge is -2.08. The van der Waals surface area contributed by atoms with Gasteiger partial charge in [0.2, 0.25) is 0 Å². The van der Waals surface area contributed by atoms with Crippen LogP contribution < -0.4 is 0 Å². The zero-order valence-corrected chi connectivity index (χ0v) is 9.52. The van der Waals surface area contributed by atoms with Crippen molar-refractivity contribution in [2.45, 2.75) is 12.3 Å². The minimum Gasteiger partial charge on any atom is -0.481 e. The van der Waals surface area contributed by atoms with Gasteiger partial charge in [0.15, 0.2) is 0 Å². The van der Waals surface area contributed by atoms with Crippen LogP contribution in [0.2, 0.25) is 0 Å². The number of aliphatic carboxylic acids is 1. The Morgan fingerprint density at radius 3 is 2.65 bits per heavy atom. The van der Waals surface area contributed by atoms with E-state index in [0.29, 0.717) is 5.01 Å². The summed E-state index contributed by atoms with van der Waals surface area (Å²) in [4.78, 5) is 11.1. The van der Waals surface area contributed by atoms with Gasteiger partial charge in [-0.1, -0.05) is 12.1 Å². The van der Waals surface area contributed by atoms with Gasteiger partial charge in [-0.25, -0.2) is 4.39 Å². The number of rotatable bonds is 4. The van der Waals surface area contributed by atoms with Crippen LogP contribution in [0.4, 0.5) is 4.39 Å². The van der Waals surface area contributed by atoms with E-state index in [2.05, 4.69) is 10.2 Å². The second-order valence-corrected chi connectivity index (χ2v) is 4.36. The van der Waals surface area contributed by atoms with E-state index in [1.54, 1.807) is 12.1 Å². The van der Waals surface area contributed by atoms with Gasteiger partial charge < -0.3 is 5.11 Å². The summed E-state index contributed by atoms with van der Waals surface area (Å²) in [6.45, 7) is 0. The smallest absolute Gasteiger partial charge is 0.313 e. The molecule has 0 amide bonds. The van der Waals surface area contributed by atoms with Gasteiger partial charge in [-0.2, -0.15) is 0 Å². The Kier molecular flexibility index (Phi) is 3.43. The fourth-order valence-electron chi connectivity index (χ4n) is 1.47. The average Bonchev–Trinajstić information content (AvgIpc) is 2.81. The number of carbonyl (C=O) groups is 1. The van der Waals surface area contributed by atoms with Crippen molar-refractivity contribution in [3.8, 4) is 0 Å². The number of carboxylic acid groups (broad SMARTS) is 1. The third-order valence-electron chi connectivity index (χ3n) is 2.33. The van der Waals surface area contributed by atoms with E-state index in [-0.39, 0.29) is 12.2 Å². The molecule has 0 aliphatic rings. The lowest BCUT2D eigenvalue weighted by atomic mass is 10.0. The summed E-state index contributed by atoms with van der Waals surface area (Å²) in [6, 6.07) is 5.78. The molecule has 4 nitrogen and oxygen atoms in total. The lowest BCUT2D eigenvalue weighted by Crippen LogP contribution is -2.14. The van der Waals surface area contributed by atoms with Gasteiger partial charge in [0.25, 0.3) is 0 Å². The van der Waals surface area contributed by atoms with Crippen molar-refractivity contribution in [1.29, 1.82) is 0 Å². The van der Waals surface area contributed by atoms with Crippen molar-refractivity contribution >= 4 is 17.3 Å². The Bertz CT molecular complexity index is 499. The monoisotopic (exact) mass is 252 g/mol. The summed E-state index contributed by atoms with van der Waals surface area (Å²) < 4.78 is 12.7. The molecule has 2 rings (SSSR count). The summed E-state index contributed by atoms with van der Waals surface area (Å²) in [7, 11) is 0. The molecule has 1 N–H and O–H groups in total. The minimum absolute atomic E-state index is 0.283. The summed E-state index contributed by atoms with van der Waals surface area (Å²) >= 11 is 1.20. The molecule has 88 valence electrons. The molecule has 0 spiro atoms. The average molecular weight is 252 g/mol. The number of hydrogen-bond donors (Lipinski definition) is 1. The topological polar surface area (TPSA) is 63.1 Å². The quantitative estimate of drug-likeness (QED) is 0.905. The van der Waals surface area contributed by atoms with E-state index in [0.717, 1.165) is 5.56 Å². The van der Waals surface area contributed by atoms with E-state index in [1.807, 2.05) is 0 Å². The molecule has 6 heteroatoms. The fourth-order valence-corrected chi connectivity index (χ4v) is 2.11. The van der Waals surface area contributed by atoms with Crippen molar-refractivity contribution in [3.05, 3.63) is 46.2 Å². The lowest BCUT2D eigenvalue weighted by molar-refractivity contribution is -0.138. The van der Waals surface area contributed by atoms with Gasteiger partial charge in [0, 0.05) is 0 Å². The van der Waals surface area contributed by atoms with Crippen molar-refractivity contribution in [2.24, 2.45) is 0 Å². The molecule has 2 aromatic rings. The van der Waals surface area contributed by atoms with Crippen LogP contribution in [0.3, 0.4) is 0 Å². The number of hydrogen-bond acceptors (Lipinski definition) is 4. The van der Waals surface area contributed by atoms with E-state index >= 15 is 0 Å². The summed E-state index contributed by atoms with van der Waals surface area (Å²) in [6.07, 6.45) is 0.283. The van der Waals surface area contributed by atoms with E-state index in [1.165, 1.54) is 29.0 Å². The molecular weight excluding hydrogens is 243 g/mol. The molecule has 0 saturated carbocycles. The number of nitrogens with zero attached hydrogens (tertiary/aromatic N) is 2. The van der Waals surface area contributed by atoms with Gasteiger partial charge in [-0.15, -0.1) is 21.5 Å². The number of benzene rings is 1. The molecule has 1 heterocycles. The SMILES string of the molecule is O=C(O)C(Cc1ccc(F)cc1)c1nncs1. The highest BCUT2D eigenvalue weighted by molar-refractivity contribution is 7.09. The molecule has 1 aromatic heterocycles. The second-order valence-electron chi connectivity index (χ2n) is 3.50. The van der Waals surface area contributed by atoms with Crippen LogP contribution in [0.25, 0.3) is 0 Å². The number of carboxylic acids is 1. The Morgan fingerprint density at radius 2 is 2.12 bits per heavy atom. The Hall–Kier alpha value is -1.82. The first kappa shape index (κ1) is 11.7. The van der Waals surface area contributed by atoms with Crippen LogP contribution in [0.5, 0.6) is 0 Å². The zero-order valence-electron chi connectivity index (χ0n) is 8.71. The fraction of sp³-hybridized carbons (Fsp3) is 0.182. The predicted molar refractivity (Wildman–Crippen MR) is 60.4 cm³/mol. The van der Waals surface area contributed by atoms with Crippen molar-refractivity contribution in [3.63, 3.8) is 0 Å². The Balaban J connectivity index is 2.19. The van der Waals surface area contributed by atoms with E-state index in [4.69, 9.17) is 5.11 Å². The van der Waals surface area contributed by atoms with Gasteiger partial charge in [0.1, 0.15) is 22.3 Å². The highest BCUT2D eigenvalue weighted by atomic mass is 32.1. The molecule has 0 aliphatic carbocycles. The van der Waals surface area contributed by atoms with Gasteiger partial charge in [0.05, 0.1) is 0 Å². The molecular formula is C11H9FN2O2S. The largest absolute Gasteiger partial charge is 0.481 e. The molecule has 0 bridgehead atoms. The zero-order chi connectivity index (χ0) is 12.3. The van der Waals surface area contributed by atoms with Crippen LogP contribution in [0.1, 0.15) is 16.5 Å². The first-order chi connectivity index (χ1) is 8.16. The van der Waals surface area contributed by atoms with Gasteiger partial charge >= 0.3 is 5.97 Å². The predicted octanol–water partition coefficient (Wildman–Crippen LogP) is 2.09. The maximum absolute atomic E-state index is 12.7. The third kappa shape index (κ3) is 2.85. The Labute approximate surface area is 101 Å².